The number of carbonyl (C=O) groups excluding carboxylic acids is 1. The molecule has 2 rings (SSSR count). The molecule has 0 unspecified atom stereocenters. The van der Waals surface area contributed by atoms with Crippen molar-refractivity contribution in [3.05, 3.63) is 35.6 Å². The molecule has 1 aliphatic rings. The number of carbonyl (C=O) groups is 1. The Labute approximate surface area is 107 Å². The normalized spacial score (nSPS) is 21.3. The summed E-state index contributed by atoms with van der Waals surface area (Å²) in [5.74, 6) is -0.224. The first kappa shape index (κ1) is 13.0. The van der Waals surface area contributed by atoms with Crippen molar-refractivity contribution >= 4 is 5.91 Å². The molecule has 0 bridgehead atoms. The molecule has 4 heteroatoms. The van der Waals surface area contributed by atoms with Crippen molar-refractivity contribution in [1.29, 1.82) is 0 Å². The summed E-state index contributed by atoms with van der Waals surface area (Å²) in [7, 11) is 0. The van der Waals surface area contributed by atoms with Gasteiger partial charge in [-0.3, -0.25) is 4.79 Å². The molecule has 3 nitrogen and oxygen atoms in total. The predicted octanol–water partition coefficient (Wildman–Crippen LogP) is 2.14. The highest BCUT2D eigenvalue weighted by atomic mass is 19.1. The monoisotopic (exact) mass is 250 g/mol. The molecule has 1 aliphatic heterocycles. The van der Waals surface area contributed by atoms with Gasteiger partial charge >= 0.3 is 0 Å². The third kappa shape index (κ3) is 3.29. The molecule has 0 saturated carbocycles. The maximum Gasteiger partial charge on any atom is 0.237 e. The van der Waals surface area contributed by atoms with Crippen LogP contribution >= 0.6 is 0 Å². The Balaban J connectivity index is 1.91. The van der Waals surface area contributed by atoms with E-state index in [4.69, 9.17) is 0 Å². The molecule has 1 fully saturated rings. The van der Waals surface area contributed by atoms with Crippen LogP contribution in [0.15, 0.2) is 24.3 Å². The van der Waals surface area contributed by atoms with Crippen LogP contribution < -0.4 is 10.6 Å². The van der Waals surface area contributed by atoms with Crippen LogP contribution in [0.25, 0.3) is 0 Å². The van der Waals surface area contributed by atoms with Crippen LogP contribution in [-0.4, -0.2) is 18.5 Å². The molecule has 2 N–H and O–H groups in total. The zero-order valence-electron chi connectivity index (χ0n) is 10.6. The first-order chi connectivity index (χ1) is 8.66. The highest BCUT2D eigenvalue weighted by Gasteiger charge is 2.21. The summed E-state index contributed by atoms with van der Waals surface area (Å²) >= 11 is 0. The molecular formula is C14H19FN2O. The minimum Gasteiger partial charge on any atom is -0.348 e. The summed E-state index contributed by atoms with van der Waals surface area (Å²) < 4.78 is 12.8. The van der Waals surface area contributed by atoms with Crippen LogP contribution in [0, 0.1) is 5.82 Å². The second-order valence-electron chi connectivity index (χ2n) is 4.78. The van der Waals surface area contributed by atoms with Crippen LogP contribution in [0.3, 0.4) is 0 Å². The van der Waals surface area contributed by atoms with Gasteiger partial charge in [0.2, 0.25) is 5.91 Å². The summed E-state index contributed by atoms with van der Waals surface area (Å²) in [6.45, 7) is 2.82. The van der Waals surface area contributed by atoms with Crippen LogP contribution in [0.5, 0.6) is 0 Å². The van der Waals surface area contributed by atoms with Gasteiger partial charge in [0.15, 0.2) is 0 Å². The molecule has 2 atom stereocenters. The third-order valence-corrected chi connectivity index (χ3v) is 3.36. The maximum absolute atomic E-state index is 12.8. The Bertz CT molecular complexity index is 399. The van der Waals surface area contributed by atoms with Crippen molar-refractivity contribution in [3.8, 4) is 0 Å². The van der Waals surface area contributed by atoms with Crippen molar-refractivity contribution in [2.45, 2.75) is 38.3 Å². The zero-order valence-corrected chi connectivity index (χ0v) is 10.6. The van der Waals surface area contributed by atoms with E-state index in [1.807, 2.05) is 6.92 Å². The van der Waals surface area contributed by atoms with Gasteiger partial charge < -0.3 is 10.6 Å². The number of piperidine rings is 1. The number of rotatable bonds is 3. The molecule has 1 amide bonds. The molecule has 18 heavy (non-hydrogen) atoms. The van der Waals surface area contributed by atoms with E-state index in [9.17, 15) is 9.18 Å². The van der Waals surface area contributed by atoms with Gasteiger partial charge in [0.25, 0.3) is 0 Å². The van der Waals surface area contributed by atoms with Crippen LogP contribution in [0.4, 0.5) is 4.39 Å². The van der Waals surface area contributed by atoms with Crippen molar-refractivity contribution in [1.82, 2.24) is 10.6 Å². The Hall–Kier alpha value is -1.42. The van der Waals surface area contributed by atoms with Gasteiger partial charge in [0.05, 0.1) is 12.1 Å². The minimum atomic E-state index is -0.258. The fourth-order valence-corrected chi connectivity index (χ4v) is 2.22. The average Bonchev–Trinajstić information content (AvgIpc) is 2.40. The van der Waals surface area contributed by atoms with E-state index in [1.54, 1.807) is 12.1 Å². The zero-order chi connectivity index (χ0) is 13.0. The van der Waals surface area contributed by atoms with Crippen molar-refractivity contribution in [3.63, 3.8) is 0 Å². The lowest BCUT2D eigenvalue weighted by Gasteiger charge is -2.24. The molecule has 0 radical (unpaired) electrons. The molecule has 0 aliphatic carbocycles. The standard InChI is InChI=1S/C14H19FN2O/c1-10(11-5-7-12(15)8-6-11)17-14(18)13-4-2-3-9-16-13/h5-8,10,13,16H,2-4,9H2,1H3,(H,17,18)/t10-,13+/m1/s1. The Morgan fingerprint density at radius 2 is 2.11 bits per heavy atom. The average molecular weight is 250 g/mol. The summed E-state index contributed by atoms with van der Waals surface area (Å²) in [5, 5.41) is 6.17. The fraction of sp³-hybridized carbons (Fsp3) is 0.500. The molecule has 1 aromatic carbocycles. The molecular weight excluding hydrogens is 231 g/mol. The second-order valence-corrected chi connectivity index (χ2v) is 4.78. The van der Waals surface area contributed by atoms with Gasteiger partial charge in [0.1, 0.15) is 5.82 Å². The first-order valence-corrected chi connectivity index (χ1v) is 6.46. The van der Waals surface area contributed by atoms with E-state index in [0.717, 1.165) is 31.4 Å². The van der Waals surface area contributed by atoms with Gasteiger partial charge in [-0.1, -0.05) is 18.6 Å². The number of nitrogens with one attached hydrogen (secondary N) is 2. The van der Waals surface area contributed by atoms with Gasteiger partial charge in [-0.2, -0.15) is 0 Å². The lowest BCUT2D eigenvalue weighted by molar-refractivity contribution is -0.124. The van der Waals surface area contributed by atoms with Gasteiger partial charge in [-0.05, 0) is 44.0 Å². The van der Waals surface area contributed by atoms with E-state index in [1.165, 1.54) is 12.1 Å². The number of amides is 1. The van der Waals surface area contributed by atoms with E-state index in [-0.39, 0.29) is 23.8 Å². The van der Waals surface area contributed by atoms with Crippen LogP contribution in [0.1, 0.15) is 37.8 Å². The van der Waals surface area contributed by atoms with Crippen molar-refractivity contribution in [2.75, 3.05) is 6.54 Å². The number of hydrogen-bond donors (Lipinski definition) is 2. The lowest BCUT2D eigenvalue weighted by Crippen LogP contribution is -2.47. The number of benzene rings is 1. The van der Waals surface area contributed by atoms with Crippen molar-refractivity contribution < 1.29 is 9.18 Å². The summed E-state index contributed by atoms with van der Waals surface area (Å²) in [5.41, 5.74) is 0.917. The van der Waals surface area contributed by atoms with E-state index in [2.05, 4.69) is 10.6 Å². The number of hydrogen-bond acceptors (Lipinski definition) is 2. The first-order valence-electron chi connectivity index (χ1n) is 6.46. The van der Waals surface area contributed by atoms with Crippen molar-refractivity contribution in [2.24, 2.45) is 0 Å². The second kappa shape index (κ2) is 5.96. The molecule has 0 spiro atoms. The topological polar surface area (TPSA) is 41.1 Å². The quantitative estimate of drug-likeness (QED) is 0.863. The SMILES string of the molecule is C[C@@H](NC(=O)[C@@H]1CCCCN1)c1ccc(F)cc1. The smallest absolute Gasteiger partial charge is 0.237 e. The Morgan fingerprint density at radius 3 is 2.72 bits per heavy atom. The molecule has 98 valence electrons. The molecule has 1 aromatic rings. The number of halogens is 1. The highest BCUT2D eigenvalue weighted by molar-refractivity contribution is 5.82. The summed E-state index contributed by atoms with van der Waals surface area (Å²) in [4.78, 5) is 12.0. The van der Waals surface area contributed by atoms with Gasteiger partial charge in [0, 0.05) is 0 Å². The van der Waals surface area contributed by atoms with E-state index >= 15 is 0 Å². The van der Waals surface area contributed by atoms with E-state index < -0.39 is 0 Å². The predicted molar refractivity (Wildman–Crippen MR) is 68.6 cm³/mol. The third-order valence-electron chi connectivity index (χ3n) is 3.36. The van der Waals surface area contributed by atoms with Gasteiger partial charge in [-0.15, -0.1) is 0 Å². The van der Waals surface area contributed by atoms with Gasteiger partial charge in [-0.25, -0.2) is 4.39 Å². The molecule has 1 saturated heterocycles. The highest BCUT2D eigenvalue weighted by Crippen LogP contribution is 2.14. The fourth-order valence-electron chi connectivity index (χ4n) is 2.22. The molecule has 1 heterocycles. The largest absolute Gasteiger partial charge is 0.348 e. The molecule has 0 aromatic heterocycles. The van der Waals surface area contributed by atoms with Crippen LogP contribution in [0.2, 0.25) is 0 Å². The summed E-state index contributed by atoms with van der Waals surface area (Å²) in [6.07, 6.45) is 3.12. The van der Waals surface area contributed by atoms with E-state index in [0.29, 0.717) is 0 Å². The minimum absolute atomic E-state index is 0.0338. The Morgan fingerprint density at radius 1 is 1.39 bits per heavy atom. The Kier molecular flexibility index (Phi) is 4.31. The lowest BCUT2D eigenvalue weighted by atomic mass is 10.0. The maximum atomic E-state index is 12.8. The van der Waals surface area contributed by atoms with Crippen LogP contribution in [-0.2, 0) is 4.79 Å². The summed E-state index contributed by atoms with van der Waals surface area (Å²) in [6, 6.07) is 6.06.